The molecule has 0 aromatic carbocycles. The number of nitrogens with one attached hydrogen (secondary N) is 1. The molecular formula is C8H16N4O5S. The highest BCUT2D eigenvalue weighted by atomic mass is 32.2. The first-order valence-electron chi connectivity index (χ1n) is 5.31. The number of piperazine rings is 1. The van der Waals surface area contributed by atoms with Crippen molar-refractivity contribution in [1.82, 2.24) is 15.2 Å². The van der Waals surface area contributed by atoms with E-state index in [1.165, 1.54) is 4.90 Å². The van der Waals surface area contributed by atoms with Crippen molar-refractivity contribution in [2.45, 2.75) is 0 Å². The van der Waals surface area contributed by atoms with Gasteiger partial charge in [0, 0.05) is 32.7 Å². The van der Waals surface area contributed by atoms with Crippen LogP contribution in [0.25, 0.3) is 0 Å². The van der Waals surface area contributed by atoms with Crippen molar-refractivity contribution >= 4 is 21.9 Å². The van der Waals surface area contributed by atoms with E-state index in [1.54, 1.807) is 10.3 Å². The summed E-state index contributed by atoms with van der Waals surface area (Å²) in [7, 11) is -3.97. The summed E-state index contributed by atoms with van der Waals surface area (Å²) in [5.41, 5.74) is 1.76. The van der Waals surface area contributed by atoms with Crippen molar-refractivity contribution in [2.24, 2.45) is 5.84 Å². The zero-order valence-electron chi connectivity index (χ0n) is 9.70. The van der Waals surface area contributed by atoms with E-state index in [0.29, 0.717) is 26.2 Å². The molecule has 1 saturated heterocycles. The van der Waals surface area contributed by atoms with Crippen LogP contribution >= 0.6 is 0 Å². The van der Waals surface area contributed by atoms with E-state index in [2.05, 4.69) is 0 Å². The van der Waals surface area contributed by atoms with E-state index >= 15 is 0 Å². The lowest BCUT2D eigenvalue weighted by Gasteiger charge is -2.33. The quantitative estimate of drug-likeness (QED) is 0.165. The first-order valence-corrected chi connectivity index (χ1v) is 6.92. The third-order valence-electron chi connectivity index (χ3n) is 2.65. The maximum absolute atomic E-state index is 11.4. The topological polar surface area (TPSA) is 133 Å². The number of hydrazine groups is 1. The number of carbonyl (C=O) groups is 2. The lowest BCUT2D eigenvalue weighted by Crippen LogP contribution is -2.53. The number of nitrogens with two attached hydrogens (primary N) is 1. The van der Waals surface area contributed by atoms with E-state index in [0.717, 1.165) is 0 Å². The van der Waals surface area contributed by atoms with Gasteiger partial charge in [-0.25, -0.2) is 5.84 Å². The molecule has 1 aliphatic heterocycles. The molecule has 1 heterocycles. The van der Waals surface area contributed by atoms with E-state index in [-0.39, 0.29) is 12.3 Å². The van der Waals surface area contributed by atoms with Crippen LogP contribution in [0.2, 0.25) is 0 Å². The summed E-state index contributed by atoms with van der Waals surface area (Å²) in [6.45, 7) is 1.72. The van der Waals surface area contributed by atoms with E-state index < -0.39 is 21.9 Å². The van der Waals surface area contributed by atoms with Crippen molar-refractivity contribution in [3.63, 3.8) is 0 Å². The summed E-state index contributed by atoms with van der Waals surface area (Å²) in [5, 5.41) is 0. The van der Waals surface area contributed by atoms with Crippen LogP contribution in [0, 0.1) is 0 Å². The summed E-state index contributed by atoms with van der Waals surface area (Å²) in [6, 6.07) is 0. The molecule has 0 atom stereocenters. The summed E-state index contributed by atoms with van der Waals surface area (Å²) in [5.74, 6) is 2.93. The van der Waals surface area contributed by atoms with Gasteiger partial charge in [0.15, 0.2) is 0 Å². The Kier molecular flexibility index (Phi) is 5.02. The average Bonchev–Trinajstić information content (AvgIpc) is 2.34. The SMILES string of the molecule is NNC(=O)C(=O)N1CCN(CCS(=O)(=O)O)CC1. The van der Waals surface area contributed by atoms with Gasteiger partial charge in [-0.15, -0.1) is 0 Å². The number of nitrogens with zero attached hydrogens (tertiary/aromatic N) is 2. The fourth-order valence-corrected chi connectivity index (χ4v) is 2.11. The summed E-state index contributed by atoms with van der Waals surface area (Å²) in [4.78, 5) is 25.6. The van der Waals surface area contributed by atoms with Crippen molar-refractivity contribution < 1.29 is 22.6 Å². The summed E-state index contributed by atoms with van der Waals surface area (Å²) in [6.07, 6.45) is 0. The molecule has 2 amide bonds. The molecule has 0 aromatic heterocycles. The number of rotatable bonds is 3. The molecule has 1 aliphatic rings. The predicted molar refractivity (Wildman–Crippen MR) is 61.8 cm³/mol. The second-order valence-corrected chi connectivity index (χ2v) is 5.47. The van der Waals surface area contributed by atoms with Crippen LogP contribution in [0.3, 0.4) is 0 Å². The largest absolute Gasteiger partial charge is 0.332 e. The van der Waals surface area contributed by atoms with E-state index in [1.807, 2.05) is 0 Å². The minimum absolute atomic E-state index is 0.198. The first kappa shape index (κ1) is 14.8. The van der Waals surface area contributed by atoms with Crippen molar-refractivity contribution in [3.05, 3.63) is 0 Å². The van der Waals surface area contributed by atoms with Crippen LogP contribution in [0.5, 0.6) is 0 Å². The third-order valence-corrected chi connectivity index (χ3v) is 3.35. The minimum atomic E-state index is -3.97. The molecule has 1 fully saturated rings. The Bertz CT molecular complexity index is 415. The van der Waals surface area contributed by atoms with Crippen LogP contribution in [0.1, 0.15) is 0 Å². The molecule has 0 spiro atoms. The first-order chi connectivity index (χ1) is 8.33. The number of carbonyl (C=O) groups excluding carboxylic acids is 2. The molecule has 0 aromatic rings. The molecule has 0 radical (unpaired) electrons. The second kappa shape index (κ2) is 6.09. The Morgan fingerprint density at radius 1 is 1.22 bits per heavy atom. The van der Waals surface area contributed by atoms with E-state index in [4.69, 9.17) is 10.4 Å². The van der Waals surface area contributed by atoms with Gasteiger partial charge in [0.05, 0.1) is 5.75 Å². The number of hydrogen-bond acceptors (Lipinski definition) is 6. The molecule has 0 aliphatic carbocycles. The Balaban J connectivity index is 2.37. The highest BCUT2D eigenvalue weighted by molar-refractivity contribution is 7.85. The normalized spacial score (nSPS) is 17.6. The van der Waals surface area contributed by atoms with Gasteiger partial charge in [0.1, 0.15) is 0 Å². The molecule has 0 saturated carbocycles. The lowest BCUT2D eigenvalue weighted by atomic mass is 10.3. The van der Waals surface area contributed by atoms with Crippen LogP contribution in [-0.2, 0) is 19.7 Å². The maximum Gasteiger partial charge on any atom is 0.323 e. The highest BCUT2D eigenvalue weighted by Crippen LogP contribution is 2.02. The van der Waals surface area contributed by atoms with Crippen LogP contribution in [0.4, 0.5) is 0 Å². The molecule has 18 heavy (non-hydrogen) atoms. The number of amides is 2. The van der Waals surface area contributed by atoms with E-state index in [9.17, 15) is 18.0 Å². The monoisotopic (exact) mass is 280 g/mol. The van der Waals surface area contributed by atoms with Crippen LogP contribution < -0.4 is 11.3 Å². The van der Waals surface area contributed by atoms with Crippen molar-refractivity contribution in [1.29, 1.82) is 0 Å². The zero-order valence-corrected chi connectivity index (χ0v) is 10.5. The molecule has 104 valence electrons. The fraction of sp³-hybridized carbons (Fsp3) is 0.750. The molecule has 0 bridgehead atoms. The summed E-state index contributed by atoms with van der Waals surface area (Å²) < 4.78 is 29.8. The molecule has 0 unspecified atom stereocenters. The molecule has 9 nitrogen and oxygen atoms in total. The van der Waals surface area contributed by atoms with Gasteiger partial charge in [0.25, 0.3) is 10.1 Å². The van der Waals surface area contributed by atoms with Gasteiger partial charge in [-0.3, -0.25) is 24.5 Å². The predicted octanol–water partition coefficient (Wildman–Crippen LogP) is -2.99. The number of hydrogen-bond donors (Lipinski definition) is 3. The second-order valence-electron chi connectivity index (χ2n) is 3.89. The van der Waals surface area contributed by atoms with Crippen molar-refractivity contribution in [2.75, 3.05) is 38.5 Å². The van der Waals surface area contributed by atoms with Gasteiger partial charge in [-0.1, -0.05) is 0 Å². The molecule has 10 heteroatoms. The standard InChI is InChI=1S/C8H16N4O5S/c9-10-7(13)8(14)12-3-1-11(2-4-12)5-6-18(15,16)17/h1-6,9H2,(H,10,13)(H,15,16,17). The molecule has 1 rings (SSSR count). The Morgan fingerprint density at radius 2 is 1.78 bits per heavy atom. The van der Waals surface area contributed by atoms with Crippen molar-refractivity contribution in [3.8, 4) is 0 Å². The van der Waals surface area contributed by atoms with Crippen LogP contribution in [-0.4, -0.2) is 73.1 Å². The average molecular weight is 280 g/mol. The third kappa shape index (κ3) is 4.56. The summed E-state index contributed by atoms with van der Waals surface area (Å²) >= 11 is 0. The Labute approximate surface area is 105 Å². The smallest absolute Gasteiger partial charge is 0.323 e. The molecular weight excluding hydrogens is 264 g/mol. The van der Waals surface area contributed by atoms with Gasteiger partial charge in [-0.2, -0.15) is 8.42 Å². The van der Waals surface area contributed by atoms with Gasteiger partial charge < -0.3 is 4.90 Å². The Hall–Kier alpha value is -1.23. The highest BCUT2D eigenvalue weighted by Gasteiger charge is 2.25. The zero-order chi connectivity index (χ0) is 13.8. The van der Waals surface area contributed by atoms with Crippen LogP contribution in [0.15, 0.2) is 0 Å². The maximum atomic E-state index is 11.4. The minimum Gasteiger partial charge on any atom is -0.332 e. The van der Waals surface area contributed by atoms with Gasteiger partial charge in [-0.05, 0) is 0 Å². The van der Waals surface area contributed by atoms with Gasteiger partial charge >= 0.3 is 11.8 Å². The lowest BCUT2D eigenvalue weighted by molar-refractivity contribution is -0.147. The fourth-order valence-electron chi connectivity index (χ4n) is 1.62. The molecule has 4 N–H and O–H groups in total. The van der Waals surface area contributed by atoms with Gasteiger partial charge in [0.2, 0.25) is 0 Å². The Morgan fingerprint density at radius 3 is 2.22 bits per heavy atom.